The topological polar surface area (TPSA) is 43.4 Å². The average molecular weight is 290 g/mol. The van der Waals surface area contributed by atoms with Gasteiger partial charge in [-0.2, -0.15) is 0 Å². The summed E-state index contributed by atoms with van der Waals surface area (Å²) in [6.45, 7) is 0. The molecule has 3 nitrogen and oxygen atoms in total. The maximum atomic E-state index is 10.8. The molecule has 0 spiro atoms. The van der Waals surface area contributed by atoms with E-state index in [9.17, 15) is 9.59 Å². The predicted octanol–water partition coefficient (Wildman–Crippen LogP) is 2.05. The number of esters is 2. The number of benzene rings is 1. The number of hydrogen-bond acceptors (Lipinski definition) is 3. The van der Waals surface area contributed by atoms with E-state index in [1.165, 1.54) is 0 Å². The summed E-state index contributed by atoms with van der Waals surface area (Å²) in [4.78, 5) is 23.6. The number of ether oxygens (including phenoxy) is 1. The first-order valence-corrected chi connectivity index (χ1v) is 5.68. The molecule has 1 heterocycles. The Kier molecular flexibility index (Phi) is 3.41. The van der Waals surface area contributed by atoms with Crippen LogP contribution in [0.2, 0.25) is 0 Å². The number of rotatable bonds is 0. The van der Waals surface area contributed by atoms with Gasteiger partial charge in [-0.25, -0.2) is 9.59 Å². The quantitative estimate of drug-likeness (QED) is 0.318. The molecule has 1 aliphatic heterocycles. The zero-order valence-corrected chi connectivity index (χ0v) is 9.07. The minimum Gasteiger partial charge on any atom is -0.386 e. The second kappa shape index (κ2) is 4.36. The highest BCUT2D eigenvalue weighted by Gasteiger charge is 2.28. The molecule has 4 heteroatoms. The molecule has 0 radical (unpaired) electrons. The van der Waals surface area contributed by atoms with Gasteiger partial charge in [-0.05, 0) is 17.1 Å². The number of carbonyl (C=O) groups excluding carboxylic acids is 2. The Balaban J connectivity index is 0.000000396. The number of halogens is 1. The lowest BCUT2D eigenvalue weighted by atomic mass is 10.1. The molecule has 0 amide bonds. The van der Waals surface area contributed by atoms with Gasteiger partial charge in [-0.1, -0.05) is 34.7 Å². The van der Waals surface area contributed by atoms with Crippen LogP contribution in [0.5, 0.6) is 0 Å². The number of hydrogen-bond donors (Lipinski definition) is 0. The van der Waals surface area contributed by atoms with E-state index < -0.39 is 11.9 Å². The summed E-state index contributed by atoms with van der Waals surface area (Å²) in [5.41, 5.74) is 0.718. The third-order valence-corrected chi connectivity index (χ3v) is 1.55. The largest absolute Gasteiger partial charge is 0.386 e. The van der Waals surface area contributed by atoms with Gasteiger partial charge in [-0.3, -0.25) is 0 Å². The van der Waals surface area contributed by atoms with Gasteiger partial charge in [0.1, 0.15) is 0 Å². The van der Waals surface area contributed by atoms with Crippen molar-refractivity contribution in [1.82, 2.24) is 0 Å². The summed E-state index contributed by atoms with van der Waals surface area (Å²) < 4.78 is 4.35. The van der Waals surface area contributed by atoms with Crippen LogP contribution in [0.4, 0.5) is 0 Å². The Labute approximate surface area is 89.2 Å². The van der Waals surface area contributed by atoms with Gasteiger partial charge in [0.15, 0.2) is 0 Å². The van der Waals surface area contributed by atoms with Crippen molar-refractivity contribution in [2.24, 2.45) is 0 Å². The highest BCUT2D eigenvalue weighted by Crippen LogP contribution is 2.18. The molecule has 1 aliphatic rings. The molecular formula is C9H7IO3. The van der Waals surface area contributed by atoms with E-state index in [2.05, 4.69) is 27.3 Å². The van der Waals surface area contributed by atoms with Crippen molar-refractivity contribution in [3.8, 4) is 0 Å². The van der Waals surface area contributed by atoms with Gasteiger partial charge in [-0.15, -0.1) is 0 Å². The number of cyclic esters (lactones) is 2. The highest BCUT2D eigenvalue weighted by atomic mass is 127. The van der Waals surface area contributed by atoms with Crippen LogP contribution in [0.15, 0.2) is 24.3 Å². The van der Waals surface area contributed by atoms with Crippen molar-refractivity contribution >= 4 is 34.5 Å². The molecule has 0 unspecified atom stereocenters. The number of carbonyl (C=O) groups is 2. The van der Waals surface area contributed by atoms with Gasteiger partial charge < -0.3 is 4.74 Å². The summed E-state index contributed by atoms with van der Waals surface area (Å²) in [5, 5.41) is 0. The van der Waals surface area contributed by atoms with Crippen LogP contribution in [-0.4, -0.2) is 16.9 Å². The van der Waals surface area contributed by atoms with Crippen molar-refractivity contribution in [2.45, 2.75) is 0 Å². The molecule has 0 N–H and O–H groups in total. The first kappa shape index (κ1) is 10.2. The van der Waals surface area contributed by atoms with Gasteiger partial charge in [0, 0.05) is 0 Å². The maximum Gasteiger partial charge on any atom is 0.346 e. The van der Waals surface area contributed by atoms with Gasteiger partial charge in [0.05, 0.1) is 11.1 Å². The normalized spacial score (nSPS) is 12.8. The minimum atomic E-state index is -0.550. The zero-order chi connectivity index (χ0) is 9.84. The van der Waals surface area contributed by atoms with Crippen LogP contribution in [-0.2, 0) is 4.74 Å². The SMILES string of the molecule is CI.O=C1OC(=O)c2ccccc21. The molecule has 13 heavy (non-hydrogen) atoms. The number of fused-ring (bicyclic) bond motifs is 1. The first-order chi connectivity index (χ1) is 6.29. The van der Waals surface area contributed by atoms with E-state index in [0.29, 0.717) is 11.1 Å². The summed E-state index contributed by atoms with van der Waals surface area (Å²) >= 11 is 2.15. The Bertz CT molecular complexity index is 313. The minimum absolute atomic E-state index is 0.359. The monoisotopic (exact) mass is 290 g/mol. The first-order valence-electron chi connectivity index (χ1n) is 3.52. The van der Waals surface area contributed by atoms with E-state index in [1.807, 2.05) is 4.93 Å². The fourth-order valence-electron chi connectivity index (χ4n) is 1.03. The Morgan fingerprint density at radius 2 is 1.38 bits per heavy atom. The molecule has 0 atom stereocenters. The Hall–Kier alpha value is -0.910. The summed E-state index contributed by atoms with van der Waals surface area (Å²) in [6, 6.07) is 6.53. The number of alkyl halides is 1. The van der Waals surface area contributed by atoms with Crippen LogP contribution in [0.3, 0.4) is 0 Å². The Morgan fingerprint density at radius 1 is 1.00 bits per heavy atom. The van der Waals surface area contributed by atoms with Crippen molar-refractivity contribution in [2.75, 3.05) is 4.93 Å². The molecule has 0 saturated heterocycles. The lowest BCUT2D eigenvalue weighted by molar-refractivity contribution is 0.0444. The van der Waals surface area contributed by atoms with E-state index in [1.54, 1.807) is 24.3 Å². The molecule has 1 aromatic rings. The van der Waals surface area contributed by atoms with Crippen LogP contribution in [0.1, 0.15) is 20.7 Å². The van der Waals surface area contributed by atoms with Gasteiger partial charge in [0.25, 0.3) is 0 Å². The van der Waals surface area contributed by atoms with Crippen molar-refractivity contribution < 1.29 is 14.3 Å². The summed E-state index contributed by atoms with van der Waals surface area (Å²) in [6.07, 6.45) is 0. The molecule has 2 rings (SSSR count). The third-order valence-electron chi connectivity index (χ3n) is 1.55. The fraction of sp³-hybridized carbons (Fsp3) is 0.111. The third kappa shape index (κ3) is 1.88. The van der Waals surface area contributed by atoms with Crippen molar-refractivity contribution in [3.05, 3.63) is 35.4 Å². The highest BCUT2D eigenvalue weighted by molar-refractivity contribution is 14.1. The molecule has 0 aromatic heterocycles. The van der Waals surface area contributed by atoms with E-state index in [0.717, 1.165) is 0 Å². The van der Waals surface area contributed by atoms with Crippen LogP contribution >= 0.6 is 22.6 Å². The molecule has 0 saturated carbocycles. The standard InChI is InChI=1S/C8H4O3.CH3I/c9-7-5-3-1-2-4-6(5)8(10)11-7;1-2/h1-4H;1H3. The second-order valence-corrected chi connectivity index (χ2v) is 2.22. The lowest BCUT2D eigenvalue weighted by Crippen LogP contribution is -1.96. The van der Waals surface area contributed by atoms with Crippen LogP contribution in [0, 0.1) is 0 Å². The van der Waals surface area contributed by atoms with Gasteiger partial charge in [0.2, 0.25) is 0 Å². The smallest absolute Gasteiger partial charge is 0.346 e. The van der Waals surface area contributed by atoms with E-state index >= 15 is 0 Å². The fourth-order valence-corrected chi connectivity index (χ4v) is 1.03. The Morgan fingerprint density at radius 3 is 1.77 bits per heavy atom. The molecule has 0 fully saturated rings. The lowest BCUT2D eigenvalue weighted by Gasteiger charge is -1.86. The van der Waals surface area contributed by atoms with Crippen molar-refractivity contribution in [1.29, 1.82) is 0 Å². The van der Waals surface area contributed by atoms with Crippen LogP contribution in [0.25, 0.3) is 0 Å². The molecular weight excluding hydrogens is 283 g/mol. The predicted molar refractivity (Wildman–Crippen MR) is 56.1 cm³/mol. The van der Waals surface area contributed by atoms with Gasteiger partial charge >= 0.3 is 11.9 Å². The summed E-state index contributed by atoms with van der Waals surface area (Å²) in [7, 11) is 0. The molecule has 0 aliphatic carbocycles. The van der Waals surface area contributed by atoms with E-state index in [-0.39, 0.29) is 0 Å². The second-order valence-electron chi connectivity index (χ2n) is 2.22. The molecule has 1 aromatic carbocycles. The zero-order valence-electron chi connectivity index (χ0n) is 6.91. The van der Waals surface area contributed by atoms with Crippen LogP contribution < -0.4 is 0 Å². The molecule has 0 bridgehead atoms. The molecule has 68 valence electrons. The summed E-state index contributed by atoms with van der Waals surface area (Å²) in [5.74, 6) is -1.10. The van der Waals surface area contributed by atoms with Crippen molar-refractivity contribution in [3.63, 3.8) is 0 Å². The maximum absolute atomic E-state index is 10.8. The average Bonchev–Trinajstić information content (AvgIpc) is 2.47. The van der Waals surface area contributed by atoms with E-state index in [4.69, 9.17) is 0 Å².